The van der Waals surface area contributed by atoms with Gasteiger partial charge in [-0.25, -0.2) is 9.67 Å². The largest absolute Gasteiger partial charge is 0.394 e. The van der Waals surface area contributed by atoms with E-state index in [-0.39, 0.29) is 12.5 Å². The predicted molar refractivity (Wildman–Crippen MR) is 107 cm³/mol. The molecule has 5 N–H and O–H groups in total. The van der Waals surface area contributed by atoms with Crippen LogP contribution in [0.4, 0.5) is 5.95 Å². The summed E-state index contributed by atoms with van der Waals surface area (Å²) in [4.78, 5) is 7.60. The molecule has 30 heavy (non-hydrogen) atoms. The Bertz CT molecular complexity index is 934. The number of aliphatic hydroxyl groups is 3. The summed E-state index contributed by atoms with van der Waals surface area (Å²) in [5.74, 6) is 0.815. The van der Waals surface area contributed by atoms with Crippen molar-refractivity contribution in [2.45, 2.75) is 37.2 Å². The third-order valence-corrected chi connectivity index (χ3v) is 5.05. The Kier molecular flexibility index (Phi) is 6.46. The molecule has 2 unspecified atom stereocenters. The van der Waals surface area contributed by atoms with Crippen LogP contribution in [-0.4, -0.2) is 84.0 Å². The third kappa shape index (κ3) is 4.26. The second-order valence-electron chi connectivity index (χ2n) is 6.90. The highest BCUT2D eigenvalue weighted by Crippen LogP contribution is 2.30. The van der Waals surface area contributed by atoms with Crippen molar-refractivity contribution >= 4 is 28.6 Å². The van der Waals surface area contributed by atoms with E-state index < -0.39 is 37.3 Å². The average molecular weight is 439 g/mol. The van der Waals surface area contributed by atoms with E-state index in [1.807, 2.05) is 24.3 Å². The van der Waals surface area contributed by atoms with Gasteiger partial charge < -0.3 is 35.1 Å². The molecule has 0 amide bonds. The predicted octanol–water partition coefficient (Wildman–Crippen LogP) is 0.00200. The molecule has 1 saturated heterocycles. The molecule has 0 radical (unpaired) electrons. The van der Waals surface area contributed by atoms with Crippen LogP contribution in [0.15, 0.2) is 30.5 Å². The summed E-state index contributed by atoms with van der Waals surface area (Å²) in [6.07, 6.45) is -2.91. The number of benzene rings is 1. The van der Waals surface area contributed by atoms with Crippen LogP contribution in [0.25, 0.3) is 11.0 Å². The van der Waals surface area contributed by atoms with Crippen LogP contribution in [0.3, 0.4) is 0 Å². The zero-order chi connectivity index (χ0) is 21.1. The summed E-state index contributed by atoms with van der Waals surface area (Å²) in [6, 6.07) is 6.81. The van der Waals surface area contributed by atoms with Crippen molar-refractivity contribution in [3.63, 3.8) is 0 Å². The van der Waals surface area contributed by atoms with E-state index in [1.165, 1.54) is 4.68 Å². The van der Waals surface area contributed by atoms with E-state index in [0.717, 1.165) is 11.0 Å². The number of aliphatic hydroxyl groups excluding tert-OH is 3. The summed E-state index contributed by atoms with van der Waals surface area (Å²) in [5.41, 5.74) is 2.34. The van der Waals surface area contributed by atoms with Crippen molar-refractivity contribution in [2.24, 2.45) is 0 Å². The fourth-order valence-electron chi connectivity index (χ4n) is 3.40. The molecule has 1 fully saturated rings. The van der Waals surface area contributed by atoms with Crippen LogP contribution >= 0.6 is 11.6 Å². The van der Waals surface area contributed by atoms with Crippen LogP contribution in [0.5, 0.6) is 0 Å². The molecule has 12 heteroatoms. The minimum atomic E-state index is -1.31. The number of hydrogen-bond acceptors (Lipinski definition) is 9. The Balaban J connectivity index is 1.47. The highest BCUT2D eigenvalue weighted by Gasteiger charge is 2.46. The topological polar surface area (TPSA) is 151 Å². The zero-order valence-corrected chi connectivity index (χ0v) is 16.7. The van der Waals surface area contributed by atoms with Crippen molar-refractivity contribution in [1.29, 1.82) is 0 Å². The minimum Gasteiger partial charge on any atom is -0.394 e. The third-order valence-electron chi connectivity index (χ3n) is 4.90. The second-order valence-corrected chi connectivity index (χ2v) is 7.28. The minimum absolute atomic E-state index is 0.166. The number of imidazole rings is 1. The van der Waals surface area contributed by atoms with Crippen LogP contribution in [-0.2, 0) is 16.0 Å². The van der Waals surface area contributed by atoms with Crippen molar-refractivity contribution < 1.29 is 24.8 Å². The van der Waals surface area contributed by atoms with Gasteiger partial charge in [-0.1, -0.05) is 17.3 Å². The van der Waals surface area contributed by atoms with E-state index in [4.69, 9.17) is 21.1 Å². The van der Waals surface area contributed by atoms with Gasteiger partial charge in [0.1, 0.15) is 30.0 Å². The monoisotopic (exact) mass is 438 g/mol. The number of hydrogen-bond donors (Lipinski definition) is 5. The second kappa shape index (κ2) is 9.25. The number of fused-ring (bicyclic) bond motifs is 1. The summed E-state index contributed by atoms with van der Waals surface area (Å²) in [6.45, 7) is 0.0348. The first-order valence-electron chi connectivity index (χ1n) is 9.50. The number of aromatic nitrogens is 5. The zero-order valence-electron chi connectivity index (χ0n) is 15.9. The van der Waals surface area contributed by atoms with Gasteiger partial charge in [-0.3, -0.25) is 0 Å². The molecular formula is C18H23ClN6O5. The Hall–Kier alpha value is -2.28. The molecule has 0 bridgehead atoms. The Labute approximate surface area is 176 Å². The van der Waals surface area contributed by atoms with Gasteiger partial charge in [-0.05, 0) is 12.1 Å². The fraction of sp³-hybridized carbons (Fsp3) is 0.500. The highest BCUT2D eigenvalue weighted by atomic mass is 35.5. The van der Waals surface area contributed by atoms with Gasteiger partial charge in [0.2, 0.25) is 5.95 Å². The average Bonchev–Trinajstić information content (AvgIpc) is 3.39. The summed E-state index contributed by atoms with van der Waals surface area (Å²) in [5, 5.41) is 41.5. The fourth-order valence-corrected chi connectivity index (χ4v) is 3.49. The summed E-state index contributed by atoms with van der Waals surface area (Å²) >= 11 is 5.69. The van der Waals surface area contributed by atoms with Crippen LogP contribution in [0.1, 0.15) is 11.7 Å². The number of para-hydroxylation sites is 2. The molecule has 2 aromatic heterocycles. The lowest BCUT2D eigenvalue weighted by molar-refractivity contribution is -0.280. The van der Waals surface area contributed by atoms with Crippen molar-refractivity contribution in [3.8, 4) is 0 Å². The normalized spacial score (nSPS) is 26.9. The standard InChI is InChI=1S/C18H23ClN6O5/c19-5-6-29-17-14(16(28)15(27)13(9-26)30-17)25-8-10(23-24-25)7-20-18-21-11-3-1-2-4-12(11)22-18/h1-4,8,13-17,26-28H,5-7,9H2,(H2,20,21,22)/t13?,14?,15-,16-,17+/m1/s1. The number of halogens is 1. The first-order valence-corrected chi connectivity index (χ1v) is 10.0. The van der Waals surface area contributed by atoms with Gasteiger partial charge in [0.15, 0.2) is 6.29 Å². The maximum atomic E-state index is 10.6. The molecule has 162 valence electrons. The Morgan fingerprint density at radius 2 is 2.10 bits per heavy atom. The Morgan fingerprint density at radius 3 is 2.87 bits per heavy atom. The summed E-state index contributed by atoms with van der Waals surface area (Å²) in [7, 11) is 0. The molecule has 11 nitrogen and oxygen atoms in total. The lowest BCUT2D eigenvalue weighted by Gasteiger charge is -2.41. The number of ether oxygens (including phenoxy) is 2. The summed E-state index contributed by atoms with van der Waals surface area (Å²) < 4.78 is 12.6. The van der Waals surface area contributed by atoms with E-state index in [0.29, 0.717) is 18.2 Å². The SMILES string of the molecule is OCC1O[C@H](OCCCl)C(n2cc(CNc3nc4ccccc4[nH]3)nn2)[C@@H](O)[C@@H]1O. The lowest BCUT2D eigenvalue weighted by Crippen LogP contribution is -2.57. The van der Waals surface area contributed by atoms with Crippen LogP contribution < -0.4 is 5.32 Å². The number of aromatic amines is 1. The van der Waals surface area contributed by atoms with E-state index >= 15 is 0 Å². The van der Waals surface area contributed by atoms with Crippen molar-refractivity contribution in [2.75, 3.05) is 24.4 Å². The molecule has 1 aliphatic heterocycles. The first-order chi connectivity index (χ1) is 14.6. The van der Waals surface area contributed by atoms with Gasteiger partial charge in [0.25, 0.3) is 0 Å². The van der Waals surface area contributed by atoms with Crippen molar-refractivity contribution in [1.82, 2.24) is 25.0 Å². The molecule has 0 spiro atoms. The smallest absolute Gasteiger partial charge is 0.201 e. The molecule has 4 rings (SSSR count). The quantitative estimate of drug-likeness (QED) is 0.306. The lowest BCUT2D eigenvalue weighted by atomic mass is 9.97. The van der Waals surface area contributed by atoms with Gasteiger partial charge in [0.05, 0.1) is 37.0 Å². The molecular weight excluding hydrogens is 416 g/mol. The number of H-pyrrole nitrogens is 1. The molecule has 0 aliphatic carbocycles. The van der Waals surface area contributed by atoms with Crippen LogP contribution in [0, 0.1) is 0 Å². The maximum absolute atomic E-state index is 10.6. The molecule has 3 heterocycles. The molecule has 1 aromatic carbocycles. The maximum Gasteiger partial charge on any atom is 0.201 e. The van der Waals surface area contributed by atoms with Gasteiger partial charge in [-0.15, -0.1) is 16.7 Å². The molecule has 5 atom stereocenters. The highest BCUT2D eigenvalue weighted by molar-refractivity contribution is 6.17. The number of nitrogens with one attached hydrogen (secondary N) is 2. The van der Waals surface area contributed by atoms with Crippen molar-refractivity contribution in [3.05, 3.63) is 36.2 Å². The van der Waals surface area contributed by atoms with Crippen LogP contribution in [0.2, 0.25) is 0 Å². The van der Waals surface area contributed by atoms with E-state index in [2.05, 4.69) is 25.6 Å². The number of anilines is 1. The number of alkyl halides is 1. The van der Waals surface area contributed by atoms with Gasteiger partial charge in [-0.2, -0.15) is 0 Å². The van der Waals surface area contributed by atoms with Gasteiger partial charge >= 0.3 is 0 Å². The Morgan fingerprint density at radius 1 is 1.27 bits per heavy atom. The number of rotatable bonds is 8. The molecule has 3 aromatic rings. The first kappa shape index (κ1) is 21.0. The number of nitrogens with zero attached hydrogens (tertiary/aromatic N) is 4. The molecule has 0 saturated carbocycles. The van der Waals surface area contributed by atoms with Gasteiger partial charge in [0, 0.05) is 5.88 Å². The molecule has 1 aliphatic rings. The van der Waals surface area contributed by atoms with E-state index in [9.17, 15) is 15.3 Å². The van der Waals surface area contributed by atoms with E-state index in [1.54, 1.807) is 6.20 Å².